The summed E-state index contributed by atoms with van der Waals surface area (Å²) in [6.07, 6.45) is 1.45. The van der Waals surface area contributed by atoms with E-state index in [4.69, 9.17) is 0 Å². The van der Waals surface area contributed by atoms with E-state index in [1.54, 1.807) is 53.4 Å². The van der Waals surface area contributed by atoms with Crippen molar-refractivity contribution in [3.63, 3.8) is 0 Å². The number of hydrogen-bond donors (Lipinski definition) is 2. The fourth-order valence-electron chi connectivity index (χ4n) is 3.49. The van der Waals surface area contributed by atoms with Crippen molar-refractivity contribution in [3.8, 4) is 0 Å². The standard InChI is InChI=1S/C21H20N4O4/c26-18(22-14-7-9-15(10-8-14)24-12-3-6-19(24)27)11-13-25-21(29)17-5-2-1-4-16(17)20(28)23-25/h1-2,4-5,7-10H,3,6,11-13H2,(H,22,26)(H,23,28). The first-order valence-electron chi connectivity index (χ1n) is 9.45. The number of carbonyl (C=O) groups is 2. The molecule has 0 unspecified atom stereocenters. The van der Waals surface area contributed by atoms with Crippen LogP contribution in [0.1, 0.15) is 19.3 Å². The van der Waals surface area contributed by atoms with Crippen LogP contribution < -0.4 is 21.3 Å². The third kappa shape index (κ3) is 3.82. The highest BCUT2D eigenvalue weighted by Gasteiger charge is 2.21. The second kappa shape index (κ2) is 7.75. The van der Waals surface area contributed by atoms with E-state index >= 15 is 0 Å². The quantitative estimate of drug-likeness (QED) is 0.691. The monoisotopic (exact) mass is 392 g/mol. The fourth-order valence-corrected chi connectivity index (χ4v) is 3.49. The number of anilines is 2. The second-order valence-corrected chi connectivity index (χ2v) is 6.94. The summed E-state index contributed by atoms with van der Waals surface area (Å²) in [5.74, 6) is -0.174. The third-order valence-corrected chi connectivity index (χ3v) is 4.98. The summed E-state index contributed by atoms with van der Waals surface area (Å²) in [4.78, 5) is 50.4. The molecule has 1 aliphatic rings. The first kappa shape index (κ1) is 18.7. The predicted molar refractivity (Wildman–Crippen MR) is 110 cm³/mol. The van der Waals surface area contributed by atoms with Gasteiger partial charge in [0.2, 0.25) is 11.8 Å². The lowest BCUT2D eigenvalue weighted by Crippen LogP contribution is -2.31. The van der Waals surface area contributed by atoms with Gasteiger partial charge in [0.05, 0.1) is 17.3 Å². The van der Waals surface area contributed by atoms with Gasteiger partial charge in [-0.1, -0.05) is 12.1 Å². The molecule has 0 bridgehead atoms. The van der Waals surface area contributed by atoms with Crippen LogP contribution in [0, 0.1) is 0 Å². The molecule has 0 spiro atoms. The molecule has 148 valence electrons. The van der Waals surface area contributed by atoms with Crippen LogP contribution in [0.4, 0.5) is 11.4 Å². The van der Waals surface area contributed by atoms with Crippen LogP contribution in [0.3, 0.4) is 0 Å². The molecule has 3 aromatic rings. The van der Waals surface area contributed by atoms with Crippen molar-refractivity contribution in [2.45, 2.75) is 25.8 Å². The number of hydrogen-bond acceptors (Lipinski definition) is 4. The van der Waals surface area contributed by atoms with Gasteiger partial charge in [0.15, 0.2) is 0 Å². The molecule has 0 aliphatic carbocycles. The summed E-state index contributed by atoms with van der Waals surface area (Å²) >= 11 is 0. The highest BCUT2D eigenvalue weighted by molar-refractivity contribution is 5.96. The van der Waals surface area contributed by atoms with E-state index in [9.17, 15) is 19.2 Å². The molecule has 8 nitrogen and oxygen atoms in total. The zero-order chi connectivity index (χ0) is 20.4. The zero-order valence-electron chi connectivity index (χ0n) is 15.7. The van der Waals surface area contributed by atoms with Gasteiger partial charge in [-0.2, -0.15) is 0 Å². The van der Waals surface area contributed by atoms with Gasteiger partial charge in [0.1, 0.15) is 0 Å². The van der Waals surface area contributed by atoms with Gasteiger partial charge in [-0.3, -0.25) is 24.3 Å². The summed E-state index contributed by atoms with van der Waals surface area (Å²) in [5, 5.41) is 5.93. The van der Waals surface area contributed by atoms with Crippen molar-refractivity contribution < 1.29 is 9.59 Å². The molecule has 1 fully saturated rings. The van der Waals surface area contributed by atoms with Gasteiger partial charge in [-0.25, -0.2) is 4.68 Å². The fraction of sp³-hybridized carbons (Fsp3) is 0.238. The summed E-state index contributed by atoms with van der Waals surface area (Å²) in [6.45, 7) is 0.772. The summed E-state index contributed by atoms with van der Waals surface area (Å²) in [5.41, 5.74) is 0.704. The summed E-state index contributed by atoms with van der Waals surface area (Å²) in [7, 11) is 0. The van der Waals surface area contributed by atoms with Crippen molar-refractivity contribution in [2.24, 2.45) is 0 Å². The van der Waals surface area contributed by atoms with Crippen molar-refractivity contribution in [3.05, 3.63) is 69.2 Å². The van der Waals surface area contributed by atoms with Gasteiger partial charge in [-0.15, -0.1) is 0 Å². The number of aryl methyl sites for hydroxylation is 1. The Bertz CT molecular complexity index is 1190. The predicted octanol–water partition coefficient (Wildman–Crippen LogP) is 1.85. The molecule has 1 aromatic heterocycles. The first-order valence-corrected chi connectivity index (χ1v) is 9.45. The Morgan fingerprint density at radius 1 is 1.00 bits per heavy atom. The minimum atomic E-state index is -0.368. The second-order valence-electron chi connectivity index (χ2n) is 6.94. The number of fused-ring (bicyclic) bond motifs is 1. The Morgan fingerprint density at radius 2 is 1.72 bits per heavy atom. The van der Waals surface area contributed by atoms with Gasteiger partial charge >= 0.3 is 0 Å². The van der Waals surface area contributed by atoms with Crippen LogP contribution in [0.5, 0.6) is 0 Å². The van der Waals surface area contributed by atoms with E-state index in [1.807, 2.05) is 0 Å². The summed E-state index contributed by atoms with van der Waals surface area (Å²) in [6, 6.07) is 13.6. The Kier molecular flexibility index (Phi) is 4.99. The lowest BCUT2D eigenvalue weighted by atomic mass is 10.2. The molecule has 0 radical (unpaired) electrons. The minimum Gasteiger partial charge on any atom is -0.326 e. The molecule has 2 heterocycles. The van der Waals surface area contributed by atoms with Gasteiger partial charge in [0, 0.05) is 30.8 Å². The molecule has 1 saturated heterocycles. The number of nitrogens with one attached hydrogen (secondary N) is 2. The normalized spacial score (nSPS) is 13.8. The van der Waals surface area contributed by atoms with Gasteiger partial charge < -0.3 is 10.2 Å². The Hall–Kier alpha value is -3.68. The van der Waals surface area contributed by atoms with Crippen LogP contribution in [-0.4, -0.2) is 28.1 Å². The van der Waals surface area contributed by atoms with E-state index in [2.05, 4.69) is 10.4 Å². The molecule has 4 rings (SSSR count). The number of aromatic nitrogens is 2. The van der Waals surface area contributed by atoms with Crippen molar-refractivity contribution in [1.29, 1.82) is 0 Å². The lowest BCUT2D eigenvalue weighted by Gasteiger charge is -2.16. The van der Waals surface area contributed by atoms with Crippen molar-refractivity contribution in [1.82, 2.24) is 9.78 Å². The topological polar surface area (TPSA) is 104 Å². The van der Waals surface area contributed by atoms with E-state index in [0.29, 0.717) is 29.4 Å². The molecular formula is C21H20N4O4. The van der Waals surface area contributed by atoms with Crippen LogP contribution in [0.2, 0.25) is 0 Å². The number of rotatable bonds is 5. The van der Waals surface area contributed by atoms with E-state index in [0.717, 1.165) is 16.8 Å². The number of aromatic amines is 1. The smallest absolute Gasteiger partial charge is 0.273 e. The van der Waals surface area contributed by atoms with Crippen LogP contribution >= 0.6 is 0 Å². The van der Waals surface area contributed by atoms with Gasteiger partial charge in [0.25, 0.3) is 11.1 Å². The molecular weight excluding hydrogens is 372 g/mol. The number of H-pyrrole nitrogens is 1. The number of carbonyl (C=O) groups excluding carboxylic acids is 2. The number of amides is 2. The van der Waals surface area contributed by atoms with Crippen LogP contribution in [0.15, 0.2) is 58.1 Å². The van der Waals surface area contributed by atoms with Crippen molar-refractivity contribution >= 4 is 34.0 Å². The molecule has 8 heteroatoms. The molecule has 29 heavy (non-hydrogen) atoms. The maximum Gasteiger partial charge on any atom is 0.273 e. The minimum absolute atomic E-state index is 0.0283. The SMILES string of the molecule is O=C(CCn1[nH]c(=O)c2ccccc2c1=O)Nc1ccc(N2CCCC2=O)cc1. The Morgan fingerprint density at radius 3 is 2.41 bits per heavy atom. The van der Waals surface area contributed by atoms with Gasteiger partial charge in [-0.05, 0) is 42.8 Å². The van der Waals surface area contributed by atoms with Crippen LogP contribution in [-0.2, 0) is 16.1 Å². The Labute approximate surface area is 165 Å². The molecule has 2 N–H and O–H groups in total. The van der Waals surface area contributed by atoms with Crippen molar-refractivity contribution in [2.75, 3.05) is 16.8 Å². The molecule has 1 aliphatic heterocycles. The van der Waals surface area contributed by atoms with E-state index in [1.165, 1.54) is 0 Å². The molecule has 0 saturated carbocycles. The summed E-state index contributed by atoms with van der Waals surface area (Å²) < 4.78 is 1.16. The zero-order valence-corrected chi connectivity index (χ0v) is 15.7. The first-order chi connectivity index (χ1) is 14.0. The van der Waals surface area contributed by atoms with E-state index in [-0.39, 0.29) is 35.9 Å². The van der Waals surface area contributed by atoms with E-state index < -0.39 is 0 Å². The molecule has 0 atom stereocenters. The maximum absolute atomic E-state index is 12.5. The lowest BCUT2D eigenvalue weighted by molar-refractivity contribution is -0.117. The number of nitrogens with zero attached hydrogens (tertiary/aromatic N) is 2. The average molecular weight is 392 g/mol. The van der Waals surface area contributed by atoms with Crippen LogP contribution in [0.25, 0.3) is 10.8 Å². The molecule has 2 aromatic carbocycles. The largest absolute Gasteiger partial charge is 0.326 e. The number of benzene rings is 2. The highest BCUT2D eigenvalue weighted by atomic mass is 16.2. The Balaban J connectivity index is 1.41. The highest BCUT2D eigenvalue weighted by Crippen LogP contribution is 2.23. The average Bonchev–Trinajstić information content (AvgIpc) is 3.16. The maximum atomic E-state index is 12.5. The third-order valence-electron chi connectivity index (χ3n) is 4.98. The molecule has 2 amide bonds.